The summed E-state index contributed by atoms with van der Waals surface area (Å²) in [5.74, 6) is 1.16. The number of carboxylic acids is 1. The summed E-state index contributed by atoms with van der Waals surface area (Å²) in [5.41, 5.74) is 4.05. The fourth-order valence-corrected chi connectivity index (χ4v) is 5.15. The van der Waals surface area contributed by atoms with Crippen LogP contribution in [0.3, 0.4) is 0 Å². The van der Waals surface area contributed by atoms with Gasteiger partial charge in [-0.25, -0.2) is 4.79 Å². The number of aromatic carboxylic acids is 1. The van der Waals surface area contributed by atoms with Crippen molar-refractivity contribution < 1.29 is 14.6 Å². The zero-order valence-corrected chi connectivity index (χ0v) is 18.1. The molecule has 1 N–H and O–H groups in total. The second kappa shape index (κ2) is 8.20. The Balaban J connectivity index is 2.05. The molecule has 1 heterocycles. The topological polar surface area (TPSA) is 46.5 Å². The van der Waals surface area contributed by atoms with E-state index in [1.807, 2.05) is 23.9 Å². The molecule has 0 fully saturated rings. The van der Waals surface area contributed by atoms with Crippen LogP contribution in [0.5, 0.6) is 5.75 Å². The molecule has 0 bridgehead atoms. The lowest BCUT2D eigenvalue weighted by atomic mass is 9.78. The van der Waals surface area contributed by atoms with Crippen LogP contribution < -0.4 is 4.74 Å². The van der Waals surface area contributed by atoms with Crippen LogP contribution in [0.4, 0.5) is 0 Å². The van der Waals surface area contributed by atoms with Gasteiger partial charge in [0.1, 0.15) is 5.75 Å². The molecule has 0 amide bonds. The lowest BCUT2D eigenvalue weighted by molar-refractivity contribution is 0.0697. The predicted octanol–water partition coefficient (Wildman–Crippen LogP) is 6.24. The number of hydrogen-bond acceptors (Lipinski definition) is 3. The second-order valence-corrected chi connectivity index (χ2v) is 9.82. The molecule has 0 radical (unpaired) electrons. The molecule has 1 atom stereocenters. The lowest BCUT2D eigenvalue weighted by Crippen LogP contribution is -2.28. The number of carbonyl (C=O) groups is 1. The van der Waals surface area contributed by atoms with Gasteiger partial charge < -0.3 is 9.84 Å². The Kier molecular flexibility index (Phi) is 6.09. The van der Waals surface area contributed by atoms with E-state index in [1.165, 1.54) is 11.1 Å². The first-order valence-corrected chi connectivity index (χ1v) is 11.0. The average molecular weight is 399 g/mol. The Morgan fingerprint density at radius 3 is 2.50 bits per heavy atom. The van der Waals surface area contributed by atoms with Crippen LogP contribution in [0.25, 0.3) is 0 Å². The first-order chi connectivity index (χ1) is 13.3. The van der Waals surface area contributed by atoms with Crippen LogP contribution in [0.1, 0.15) is 74.0 Å². The molecule has 3 rings (SSSR count). The molecule has 1 unspecified atom stereocenters. The Morgan fingerprint density at radius 2 is 1.86 bits per heavy atom. The summed E-state index contributed by atoms with van der Waals surface area (Å²) in [4.78, 5) is 11.3. The largest absolute Gasteiger partial charge is 0.493 e. The molecule has 4 heteroatoms. The van der Waals surface area contributed by atoms with E-state index in [0.717, 1.165) is 42.9 Å². The molecule has 0 aromatic heterocycles. The van der Waals surface area contributed by atoms with Crippen molar-refractivity contribution in [3.05, 3.63) is 64.7 Å². The van der Waals surface area contributed by atoms with Crippen molar-refractivity contribution in [2.45, 2.75) is 57.1 Å². The molecule has 2 aromatic carbocycles. The summed E-state index contributed by atoms with van der Waals surface area (Å²) >= 11 is 1.93. The quantitative estimate of drug-likeness (QED) is 0.561. The number of unbranched alkanes of at least 4 members (excludes halogenated alkanes) is 1. The fourth-order valence-electron chi connectivity index (χ4n) is 3.72. The van der Waals surface area contributed by atoms with Gasteiger partial charge in [0, 0.05) is 5.56 Å². The molecule has 0 spiro atoms. The van der Waals surface area contributed by atoms with E-state index in [1.54, 1.807) is 12.1 Å². The molecule has 0 saturated carbocycles. The van der Waals surface area contributed by atoms with E-state index in [0.29, 0.717) is 5.56 Å². The summed E-state index contributed by atoms with van der Waals surface area (Å²) in [7, 11) is 0. The van der Waals surface area contributed by atoms with Crippen molar-refractivity contribution in [2.75, 3.05) is 12.4 Å². The maximum Gasteiger partial charge on any atom is 0.335 e. The van der Waals surface area contributed by atoms with E-state index in [4.69, 9.17) is 4.74 Å². The van der Waals surface area contributed by atoms with E-state index in [-0.39, 0.29) is 10.2 Å². The molecule has 2 aromatic rings. The van der Waals surface area contributed by atoms with Gasteiger partial charge in [-0.2, -0.15) is 0 Å². The second-order valence-electron chi connectivity index (χ2n) is 8.31. The van der Waals surface area contributed by atoms with Crippen molar-refractivity contribution in [1.29, 1.82) is 0 Å². The molecule has 150 valence electrons. The minimum atomic E-state index is -0.889. The van der Waals surface area contributed by atoms with Crippen LogP contribution in [0.2, 0.25) is 0 Å². The molecule has 3 nitrogen and oxygen atoms in total. The number of hydrogen-bond donors (Lipinski definition) is 1. The highest BCUT2D eigenvalue weighted by Crippen LogP contribution is 2.47. The standard InChI is InChI=1S/C24H30O3S/c1-5-6-15-28-24(4,18-9-7-17(8-10-18)22(25)26)19-11-12-21-20(16-19)23(2,3)13-14-27-21/h7-12,16H,5-6,13-15H2,1-4H3,(H,25,26). The first kappa shape index (κ1) is 20.8. The maximum absolute atomic E-state index is 11.3. The zero-order valence-electron chi connectivity index (χ0n) is 17.2. The van der Waals surface area contributed by atoms with Crippen molar-refractivity contribution in [3.8, 4) is 5.75 Å². The van der Waals surface area contributed by atoms with Crippen LogP contribution in [-0.4, -0.2) is 23.4 Å². The summed E-state index contributed by atoms with van der Waals surface area (Å²) in [6, 6.07) is 13.9. The molecular formula is C24H30O3S. The Hall–Kier alpha value is -1.94. The summed E-state index contributed by atoms with van der Waals surface area (Å²) in [5, 5.41) is 9.24. The van der Waals surface area contributed by atoms with Gasteiger partial charge in [0.25, 0.3) is 0 Å². The van der Waals surface area contributed by atoms with E-state index < -0.39 is 5.97 Å². The van der Waals surface area contributed by atoms with Crippen LogP contribution >= 0.6 is 11.8 Å². The normalized spacial score (nSPS) is 17.3. The van der Waals surface area contributed by atoms with E-state index in [2.05, 4.69) is 45.9 Å². The number of benzene rings is 2. The van der Waals surface area contributed by atoms with E-state index >= 15 is 0 Å². The van der Waals surface area contributed by atoms with Crippen LogP contribution in [0.15, 0.2) is 42.5 Å². The summed E-state index contributed by atoms with van der Waals surface area (Å²) < 4.78 is 5.66. The Morgan fingerprint density at radius 1 is 1.18 bits per heavy atom. The fraction of sp³-hybridized carbons (Fsp3) is 0.458. The van der Waals surface area contributed by atoms with Crippen molar-refractivity contribution in [3.63, 3.8) is 0 Å². The van der Waals surface area contributed by atoms with Crippen molar-refractivity contribution >= 4 is 17.7 Å². The van der Waals surface area contributed by atoms with Gasteiger partial charge in [0.05, 0.1) is 16.9 Å². The smallest absolute Gasteiger partial charge is 0.335 e. The van der Waals surface area contributed by atoms with Gasteiger partial charge in [-0.15, -0.1) is 11.8 Å². The number of rotatable bonds is 7. The zero-order chi connectivity index (χ0) is 20.4. The van der Waals surface area contributed by atoms with Crippen molar-refractivity contribution in [2.24, 2.45) is 0 Å². The lowest BCUT2D eigenvalue weighted by Gasteiger charge is -2.36. The van der Waals surface area contributed by atoms with Crippen LogP contribution in [0, 0.1) is 0 Å². The molecule has 1 aliphatic rings. The monoisotopic (exact) mass is 398 g/mol. The van der Waals surface area contributed by atoms with E-state index in [9.17, 15) is 9.90 Å². The predicted molar refractivity (Wildman–Crippen MR) is 117 cm³/mol. The number of thioether (sulfide) groups is 1. The highest BCUT2D eigenvalue weighted by atomic mass is 32.2. The maximum atomic E-state index is 11.3. The molecule has 1 aliphatic heterocycles. The third-order valence-electron chi connectivity index (χ3n) is 5.82. The highest BCUT2D eigenvalue weighted by molar-refractivity contribution is 8.00. The SMILES string of the molecule is CCCCSC(C)(c1ccc(C(=O)O)cc1)c1ccc2c(c1)C(C)(C)CCO2. The third kappa shape index (κ3) is 4.07. The van der Waals surface area contributed by atoms with Gasteiger partial charge in [-0.05, 0) is 66.3 Å². The van der Waals surface area contributed by atoms with Crippen molar-refractivity contribution in [1.82, 2.24) is 0 Å². The summed E-state index contributed by atoms with van der Waals surface area (Å²) in [6.07, 6.45) is 3.33. The minimum absolute atomic E-state index is 0.0890. The number of fused-ring (bicyclic) bond motifs is 1. The van der Waals surface area contributed by atoms with Crippen LogP contribution in [-0.2, 0) is 10.2 Å². The first-order valence-electron chi connectivity index (χ1n) is 10.0. The third-order valence-corrected chi connectivity index (χ3v) is 7.36. The number of ether oxygens (including phenoxy) is 1. The molecular weight excluding hydrogens is 368 g/mol. The average Bonchev–Trinajstić information content (AvgIpc) is 2.68. The highest BCUT2D eigenvalue weighted by Gasteiger charge is 2.34. The van der Waals surface area contributed by atoms with Gasteiger partial charge in [-0.3, -0.25) is 0 Å². The number of carboxylic acid groups (broad SMARTS) is 1. The van der Waals surface area contributed by atoms with Gasteiger partial charge in [0.15, 0.2) is 0 Å². The van der Waals surface area contributed by atoms with Gasteiger partial charge in [-0.1, -0.05) is 45.4 Å². The van der Waals surface area contributed by atoms with Gasteiger partial charge >= 0.3 is 5.97 Å². The Labute approximate surface area is 172 Å². The summed E-state index contributed by atoms with van der Waals surface area (Å²) in [6.45, 7) is 9.78. The Bertz CT molecular complexity index is 841. The molecule has 0 saturated heterocycles. The molecule has 28 heavy (non-hydrogen) atoms. The molecule has 0 aliphatic carbocycles. The minimum Gasteiger partial charge on any atom is -0.493 e. The van der Waals surface area contributed by atoms with Gasteiger partial charge in [0.2, 0.25) is 0 Å².